The summed E-state index contributed by atoms with van der Waals surface area (Å²) in [5, 5.41) is 0.738. The van der Waals surface area contributed by atoms with Gasteiger partial charge in [0.05, 0.1) is 47.5 Å². The number of rotatable bonds is 6. The maximum atomic E-state index is 13.1. The van der Waals surface area contributed by atoms with Gasteiger partial charge in [-0.2, -0.15) is 13.2 Å². The van der Waals surface area contributed by atoms with E-state index in [1.54, 1.807) is 0 Å². The van der Waals surface area contributed by atoms with Crippen molar-refractivity contribution in [2.45, 2.75) is 26.1 Å². The molecule has 0 saturated carbocycles. The third-order valence-electron chi connectivity index (χ3n) is 5.20. The molecular formula is C22H14Cl5F3N2O5. The van der Waals surface area contributed by atoms with Gasteiger partial charge in [0.2, 0.25) is 0 Å². The van der Waals surface area contributed by atoms with Crippen LogP contribution in [0.5, 0.6) is 0 Å². The number of benzene rings is 2. The van der Waals surface area contributed by atoms with E-state index < -0.39 is 54.0 Å². The molecule has 1 heterocycles. The first kappa shape index (κ1) is 29.3. The van der Waals surface area contributed by atoms with Crippen LogP contribution in [0.4, 0.5) is 18.9 Å². The van der Waals surface area contributed by atoms with Gasteiger partial charge in [-0.3, -0.25) is 19.3 Å². The van der Waals surface area contributed by atoms with Crippen LogP contribution in [0.3, 0.4) is 0 Å². The average Bonchev–Trinajstić information content (AvgIpc) is 3.06. The fourth-order valence-electron chi connectivity index (χ4n) is 3.50. The molecule has 0 aromatic heterocycles. The SMILES string of the molecule is CC(C)C(C(=O)OCC(=O)Nc1cc(C(F)(F)F)ccc1Cl)N1C(=O)c2c(Cl)c(Cl)c(Cl)c(Cl)c2C1=O. The number of esters is 1. The Kier molecular flexibility index (Phi) is 8.61. The van der Waals surface area contributed by atoms with Crippen molar-refractivity contribution < 1.29 is 37.1 Å². The summed E-state index contributed by atoms with van der Waals surface area (Å²) in [6.45, 7) is 2.04. The predicted molar refractivity (Wildman–Crippen MR) is 132 cm³/mol. The molecule has 0 spiro atoms. The molecule has 1 unspecified atom stereocenters. The standard InChI is InChI=1S/C22H14Cl5F3N2O5/c1-7(2)18(32-19(34)12-13(20(32)35)15(25)17(27)16(26)14(12)24)21(36)37-6-11(33)31-10-5-8(22(28,29)30)3-4-9(10)23/h3-5,7,18H,6H2,1-2H3,(H,31,33). The number of amides is 3. The molecule has 0 fully saturated rings. The van der Waals surface area contributed by atoms with E-state index in [9.17, 15) is 32.3 Å². The van der Waals surface area contributed by atoms with Gasteiger partial charge in [-0.1, -0.05) is 71.9 Å². The van der Waals surface area contributed by atoms with E-state index in [1.165, 1.54) is 13.8 Å². The number of halogens is 8. The number of alkyl halides is 3. The minimum absolute atomic E-state index is 0.190. The van der Waals surface area contributed by atoms with Gasteiger partial charge in [-0.15, -0.1) is 0 Å². The number of anilines is 1. The summed E-state index contributed by atoms with van der Waals surface area (Å²) in [6.07, 6.45) is -4.69. The molecule has 0 saturated heterocycles. The van der Waals surface area contributed by atoms with Crippen molar-refractivity contribution in [2.24, 2.45) is 5.92 Å². The quantitative estimate of drug-likeness (QED) is 0.167. The molecule has 198 valence electrons. The summed E-state index contributed by atoms with van der Waals surface area (Å²) in [5.41, 5.74) is -2.12. The maximum Gasteiger partial charge on any atom is 0.416 e. The first-order chi connectivity index (χ1) is 17.1. The molecule has 1 aliphatic heterocycles. The number of imide groups is 1. The van der Waals surface area contributed by atoms with Crippen LogP contribution in [0.25, 0.3) is 0 Å². The molecule has 15 heteroatoms. The Morgan fingerprint density at radius 3 is 1.92 bits per heavy atom. The van der Waals surface area contributed by atoms with Gasteiger partial charge in [0.1, 0.15) is 6.04 Å². The number of hydrogen-bond acceptors (Lipinski definition) is 5. The third kappa shape index (κ3) is 5.63. The van der Waals surface area contributed by atoms with Crippen LogP contribution in [0.15, 0.2) is 18.2 Å². The third-order valence-corrected chi connectivity index (χ3v) is 7.33. The second-order valence-electron chi connectivity index (χ2n) is 8.02. The highest BCUT2D eigenvalue weighted by atomic mass is 35.5. The van der Waals surface area contributed by atoms with E-state index in [1.807, 2.05) is 0 Å². The van der Waals surface area contributed by atoms with Gasteiger partial charge >= 0.3 is 12.1 Å². The lowest BCUT2D eigenvalue weighted by atomic mass is 10.0. The zero-order valence-corrected chi connectivity index (χ0v) is 22.4. The Morgan fingerprint density at radius 2 is 1.46 bits per heavy atom. The van der Waals surface area contributed by atoms with Crippen LogP contribution < -0.4 is 5.32 Å². The monoisotopic (exact) mass is 618 g/mol. The zero-order valence-electron chi connectivity index (χ0n) is 18.6. The molecule has 1 aliphatic rings. The summed E-state index contributed by atoms with van der Waals surface area (Å²) >= 11 is 30.0. The first-order valence-electron chi connectivity index (χ1n) is 10.1. The molecule has 2 aromatic rings. The molecule has 7 nitrogen and oxygen atoms in total. The summed E-state index contributed by atoms with van der Waals surface area (Å²) in [4.78, 5) is 51.9. The molecular weight excluding hydrogens is 607 g/mol. The molecule has 0 aliphatic carbocycles. The van der Waals surface area contributed by atoms with Crippen LogP contribution >= 0.6 is 58.0 Å². The average molecular weight is 621 g/mol. The normalized spacial score (nSPS) is 14.2. The molecule has 3 amide bonds. The maximum absolute atomic E-state index is 13.1. The van der Waals surface area contributed by atoms with Crippen LogP contribution in [0.2, 0.25) is 25.1 Å². The number of nitrogens with one attached hydrogen (secondary N) is 1. The molecule has 1 atom stereocenters. The highest BCUT2D eigenvalue weighted by Gasteiger charge is 2.48. The lowest BCUT2D eigenvalue weighted by Crippen LogP contribution is -2.49. The lowest BCUT2D eigenvalue weighted by molar-refractivity contribution is -0.152. The molecule has 0 bridgehead atoms. The van der Waals surface area contributed by atoms with Crippen molar-refractivity contribution in [3.8, 4) is 0 Å². The van der Waals surface area contributed by atoms with Crippen molar-refractivity contribution in [3.63, 3.8) is 0 Å². The summed E-state index contributed by atoms with van der Waals surface area (Å²) in [5.74, 6) is -4.86. The predicted octanol–water partition coefficient (Wildman–Crippen LogP) is 6.77. The van der Waals surface area contributed by atoms with Gasteiger partial charge in [0, 0.05) is 0 Å². The number of nitrogens with zero attached hydrogens (tertiary/aromatic N) is 1. The largest absolute Gasteiger partial charge is 0.454 e. The topological polar surface area (TPSA) is 92.8 Å². The molecule has 1 N–H and O–H groups in total. The molecule has 2 aromatic carbocycles. The van der Waals surface area contributed by atoms with Crippen molar-refractivity contribution in [2.75, 3.05) is 11.9 Å². The molecule has 3 rings (SSSR count). The number of hydrogen-bond donors (Lipinski definition) is 1. The summed E-state index contributed by atoms with van der Waals surface area (Å²) in [6, 6.07) is 0.757. The van der Waals surface area contributed by atoms with E-state index in [-0.39, 0.29) is 41.9 Å². The van der Waals surface area contributed by atoms with E-state index >= 15 is 0 Å². The minimum Gasteiger partial charge on any atom is -0.454 e. The van der Waals surface area contributed by atoms with Gasteiger partial charge in [0.25, 0.3) is 17.7 Å². The Labute approximate surface area is 232 Å². The van der Waals surface area contributed by atoms with E-state index in [4.69, 9.17) is 62.7 Å². The Morgan fingerprint density at radius 1 is 0.946 bits per heavy atom. The van der Waals surface area contributed by atoms with Gasteiger partial charge in [-0.25, -0.2) is 4.79 Å². The fourth-order valence-corrected chi connectivity index (χ4v) is 4.68. The molecule has 37 heavy (non-hydrogen) atoms. The van der Waals surface area contributed by atoms with Crippen molar-refractivity contribution in [1.82, 2.24) is 4.90 Å². The minimum atomic E-state index is -4.69. The highest BCUT2D eigenvalue weighted by molar-refractivity contribution is 6.55. The van der Waals surface area contributed by atoms with Crippen LogP contribution in [0, 0.1) is 5.92 Å². The fraction of sp³-hybridized carbons (Fsp3) is 0.273. The second-order valence-corrected chi connectivity index (χ2v) is 9.94. The van der Waals surface area contributed by atoms with Crippen molar-refractivity contribution >= 4 is 87.4 Å². The van der Waals surface area contributed by atoms with Gasteiger partial charge in [-0.05, 0) is 24.1 Å². The number of carbonyl (C=O) groups is 4. The van der Waals surface area contributed by atoms with Gasteiger partial charge in [0.15, 0.2) is 6.61 Å². The Balaban J connectivity index is 1.80. The smallest absolute Gasteiger partial charge is 0.416 e. The number of carbonyl (C=O) groups excluding carboxylic acids is 4. The second kappa shape index (κ2) is 10.9. The van der Waals surface area contributed by atoms with Crippen LogP contribution in [0.1, 0.15) is 40.1 Å². The Hall–Kier alpha value is -2.24. The highest BCUT2D eigenvalue weighted by Crippen LogP contribution is 2.45. The van der Waals surface area contributed by atoms with Crippen molar-refractivity contribution in [1.29, 1.82) is 0 Å². The number of fused-ring (bicyclic) bond motifs is 1. The number of ether oxygens (including phenoxy) is 1. The zero-order chi connectivity index (χ0) is 28.0. The van der Waals surface area contributed by atoms with Gasteiger partial charge < -0.3 is 10.1 Å². The van der Waals surface area contributed by atoms with E-state index in [2.05, 4.69) is 5.32 Å². The van der Waals surface area contributed by atoms with Crippen LogP contribution in [-0.4, -0.2) is 41.2 Å². The molecule has 0 radical (unpaired) electrons. The summed E-state index contributed by atoms with van der Waals surface area (Å²) < 4.78 is 43.8. The lowest BCUT2D eigenvalue weighted by Gasteiger charge is -2.27. The van der Waals surface area contributed by atoms with E-state index in [0.29, 0.717) is 11.0 Å². The summed E-state index contributed by atoms with van der Waals surface area (Å²) in [7, 11) is 0. The van der Waals surface area contributed by atoms with Crippen molar-refractivity contribution in [3.05, 3.63) is 60.0 Å². The first-order valence-corrected chi connectivity index (χ1v) is 12.0. The Bertz CT molecular complexity index is 1290. The van der Waals surface area contributed by atoms with Crippen LogP contribution in [-0.2, 0) is 20.5 Å². The van der Waals surface area contributed by atoms with E-state index in [0.717, 1.165) is 12.1 Å².